The molecule has 116 valence electrons. The summed E-state index contributed by atoms with van der Waals surface area (Å²) >= 11 is 0. The van der Waals surface area contributed by atoms with Gasteiger partial charge in [-0.25, -0.2) is 0 Å². The molecule has 1 aromatic heterocycles. The zero-order valence-electron chi connectivity index (χ0n) is 12.5. The molecule has 0 saturated carbocycles. The Morgan fingerprint density at radius 3 is 2.73 bits per heavy atom. The molecule has 0 spiro atoms. The Morgan fingerprint density at radius 2 is 2.00 bits per heavy atom. The highest BCUT2D eigenvalue weighted by atomic mass is 16.5. The van der Waals surface area contributed by atoms with Gasteiger partial charge in [0.25, 0.3) is 0 Å². The number of hydrogen-bond acceptors (Lipinski definition) is 3. The number of benzene rings is 1. The van der Waals surface area contributed by atoms with Crippen LogP contribution in [0.4, 0.5) is 5.69 Å². The maximum Gasteiger partial charge on any atom is 0.242 e. The third-order valence-corrected chi connectivity index (χ3v) is 3.79. The maximum absolute atomic E-state index is 12.4. The van der Waals surface area contributed by atoms with Gasteiger partial charge in [-0.1, -0.05) is 6.07 Å². The highest BCUT2D eigenvalue weighted by molar-refractivity contribution is 6.01. The third-order valence-electron chi connectivity index (χ3n) is 3.79. The molecule has 6 heteroatoms. The Balaban J connectivity index is 1.82. The van der Waals surface area contributed by atoms with Crippen molar-refractivity contribution in [1.29, 1.82) is 0 Å². The molecule has 0 unspecified atom stereocenters. The SMILES string of the molecule is CC(=O)Nc1cccc2c1ccn2CC(=O)N1CCOCC1. The first-order chi connectivity index (χ1) is 10.6. The van der Waals surface area contributed by atoms with Gasteiger partial charge in [0.2, 0.25) is 11.8 Å². The highest BCUT2D eigenvalue weighted by Crippen LogP contribution is 2.24. The van der Waals surface area contributed by atoms with Crippen molar-refractivity contribution in [3.8, 4) is 0 Å². The monoisotopic (exact) mass is 301 g/mol. The number of nitrogens with zero attached hydrogens (tertiary/aromatic N) is 2. The predicted octanol–water partition coefficient (Wildman–Crippen LogP) is 1.46. The van der Waals surface area contributed by atoms with Crippen LogP contribution in [0.2, 0.25) is 0 Å². The lowest BCUT2D eigenvalue weighted by Crippen LogP contribution is -2.42. The predicted molar refractivity (Wildman–Crippen MR) is 83.6 cm³/mol. The maximum atomic E-state index is 12.4. The first-order valence-corrected chi connectivity index (χ1v) is 7.36. The highest BCUT2D eigenvalue weighted by Gasteiger charge is 2.18. The molecule has 22 heavy (non-hydrogen) atoms. The molecule has 0 aliphatic carbocycles. The first kappa shape index (κ1) is 14.6. The van der Waals surface area contributed by atoms with Crippen molar-refractivity contribution >= 4 is 28.4 Å². The number of ether oxygens (including phenoxy) is 1. The largest absolute Gasteiger partial charge is 0.378 e. The minimum absolute atomic E-state index is 0.0886. The molecule has 1 fully saturated rings. The Morgan fingerprint density at radius 1 is 1.23 bits per heavy atom. The summed E-state index contributed by atoms with van der Waals surface area (Å²) in [4.78, 5) is 25.4. The number of carbonyl (C=O) groups excluding carboxylic acids is 2. The molecule has 1 saturated heterocycles. The van der Waals surface area contributed by atoms with Crippen molar-refractivity contribution in [3.63, 3.8) is 0 Å². The van der Waals surface area contributed by atoms with E-state index in [1.54, 1.807) is 0 Å². The lowest BCUT2D eigenvalue weighted by atomic mass is 10.2. The number of amides is 2. The Bertz CT molecular complexity index is 702. The van der Waals surface area contributed by atoms with E-state index in [0.717, 1.165) is 16.6 Å². The second kappa shape index (κ2) is 6.19. The summed E-state index contributed by atoms with van der Waals surface area (Å²) in [6.07, 6.45) is 1.88. The smallest absolute Gasteiger partial charge is 0.242 e. The van der Waals surface area contributed by atoms with E-state index in [4.69, 9.17) is 4.74 Å². The number of nitrogens with one attached hydrogen (secondary N) is 1. The lowest BCUT2D eigenvalue weighted by molar-refractivity contribution is -0.135. The van der Waals surface area contributed by atoms with E-state index in [2.05, 4.69) is 5.32 Å². The van der Waals surface area contributed by atoms with Gasteiger partial charge < -0.3 is 19.5 Å². The second-order valence-corrected chi connectivity index (χ2v) is 5.36. The topological polar surface area (TPSA) is 63.6 Å². The molecule has 3 rings (SSSR count). The van der Waals surface area contributed by atoms with Gasteiger partial charge in [-0.15, -0.1) is 0 Å². The van der Waals surface area contributed by atoms with E-state index in [1.165, 1.54) is 6.92 Å². The Kier molecular flexibility index (Phi) is 4.11. The number of hydrogen-bond donors (Lipinski definition) is 1. The normalized spacial score (nSPS) is 15.0. The number of fused-ring (bicyclic) bond motifs is 1. The molecular weight excluding hydrogens is 282 g/mol. The minimum atomic E-state index is -0.107. The van der Waals surface area contributed by atoms with Crippen LogP contribution in [0, 0.1) is 0 Å². The molecule has 0 radical (unpaired) electrons. The minimum Gasteiger partial charge on any atom is -0.378 e. The van der Waals surface area contributed by atoms with Crippen molar-refractivity contribution in [2.75, 3.05) is 31.6 Å². The van der Waals surface area contributed by atoms with Gasteiger partial charge in [0.1, 0.15) is 6.54 Å². The molecule has 6 nitrogen and oxygen atoms in total. The number of carbonyl (C=O) groups is 2. The van der Waals surface area contributed by atoms with Crippen molar-refractivity contribution in [3.05, 3.63) is 30.5 Å². The zero-order valence-corrected chi connectivity index (χ0v) is 12.5. The average Bonchev–Trinajstić information content (AvgIpc) is 2.92. The van der Waals surface area contributed by atoms with Crippen LogP contribution in [0.15, 0.2) is 30.5 Å². The van der Waals surface area contributed by atoms with Crippen molar-refractivity contribution in [1.82, 2.24) is 9.47 Å². The van der Waals surface area contributed by atoms with Crippen LogP contribution >= 0.6 is 0 Å². The Hall–Kier alpha value is -2.34. The van der Waals surface area contributed by atoms with Gasteiger partial charge in [0.05, 0.1) is 24.4 Å². The average molecular weight is 301 g/mol. The van der Waals surface area contributed by atoms with E-state index in [1.807, 2.05) is 39.9 Å². The van der Waals surface area contributed by atoms with Crippen LogP contribution in [0.5, 0.6) is 0 Å². The summed E-state index contributed by atoms with van der Waals surface area (Å²) < 4.78 is 7.18. The van der Waals surface area contributed by atoms with Crippen LogP contribution in [0.25, 0.3) is 10.9 Å². The quantitative estimate of drug-likeness (QED) is 0.933. The van der Waals surface area contributed by atoms with E-state index < -0.39 is 0 Å². The molecule has 0 atom stereocenters. The van der Waals surface area contributed by atoms with Crippen LogP contribution in [0.1, 0.15) is 6.92 Å². The lowest BCUT2D eigenvalue weighted by Gasteiger charge is -2.27. The zero-order chi connectivity index (χ0) is 15.5. The fraction of sp³-hybridized carbons (Fsp3) is 0.375. The fourth-order valence-corrected chi connectivity index (χ4v) is 2.72. The number of rotatable bonds is 3. The van der Waals surface area contributed by atoms with Gasteiger partial charge in [-0.2, -0.15) is 0 Å². The molecule has 1 aliphatic rings. The van der Waals surface area contributed by atoms with Crippen LogP contribution in [-0.2, 0) is 20.9 Å². The summed E-state index contributed by atoms with van der Waals surface area (Å²) in [7, 11) is 0. The molecular formula is C16H19N3O3. The van der Waals surface area contributed by atoms with Gasteiger partial charge in [-0.05, 0) is 18.2 Å². The molecule has 2 amide bonds. The van der Waals surface area contributed by atoms with Gasteiger partial charge in [-0.3, -0.25) is 9.59 Å². The second-order valence-electron chi connectivity index (χ2n) is 5.36. The van der Waals surface area contributed by atoms with Gasteiger partial charge in [0, 0.05) is 31.6 Å². The molecule has 1 aliphatic heterocycles. The van der Waals surface area contributed by atoms with E-state index in [9.17, 15) is 9.59 Å². The van der Waals surface area contributed by atoms with E-state index >= 15 is 0 Å². The Labute approximate surface area is 128 Å². The van der Waals surface area contributed by atoms with Crippen LogP contribution in [0.3, 0.4) is 0 Å². The molecule has 0 bridgehead atoms. The van der Waals surface area contributed by atoms with Gasteiger partial charge in [0.15, 0.2) is 0 Å². The summed E-state index contributed by atoms with van der Waals surface area (Å²) in [5.74, 6) is -0.0182. The molecule has 1 aromatic carbocycles. The summed E-state index contributed by atoms with van der Waals surface area (Å²) in [6, 6.07) is 7.61. The van der Waals surface area contributed by atoms with Gasteiger partial charge >= 0.3 is 0 Å². The number of morpholine rings is 1. The number of anilines is 1. The molecule has 1 N–H and O–H groups in total. The van der Waals surface area contributed by atoms with Crippen LogP contribution in [-0.4, -0.2) is 47.6 Å². The third kappa shape index (κ3) is 2.96. The van der Waals surface area contributed by atoms with Crippen molar-refractivity contribution < 1.29 is 14.3 Å². The summed E-state index contributed by atoms with van der Waals surface area (Å²) in [5.41, 5.74) is 1.70. The fourth-order valence-electron chi connectivity index (χ4n) is 2.72. The molecule has 2 heterocycles. The standard InChI is InChI=1S/C16H19N3O3/c1-12(20)17-14-3-2-4-15-13(14)5-6-19(15)11-16(21)18-7-9-22-10-8-18/h2-6H,7-11H2,1H3,(H,17,20). The van der Waals surface area contributed by atoms with E-state index in [-0.39, 0.29) is 11.8 Å². The van der Waals surface area contributed by atoms with Crippen molar-refractivity contribution in [2.24, 2.45) is 0 Å². The van der Waals surface area contributed by atoms with Crippen LogP contribution < -0.4 is 5.32 Å². The summed E-state index contributed by atoms with van der Waals surface area (Å²) in [6.45, 7) is 4.28. The van der Waals surface area contributed by atoms with Crippen molar-refractivity contribution in [2.45, 2.75) is 13.5 Å². The first-order valence-electron chi connectivity index (χ1n) is 7.36. The molecule has 2 aromatic rings. The van der Waals surface area contributed by atoms with E-state index in [0.29, 0.717) is 32.8 Å². The summed E-state index contributed by atoms with van der Waals surface area (Å²) in [5, 5.41) is 3.75. The number of aromatic nitrogens is 1.